The molecule has 0 bridgehead atoms. The van der Waals surface area contributed by atoms with Gasteiger partial charge in [0.05, 0.1) is 0 Å². The number of carboxylic acid groups (broad SMARTS) is 1. The molecule has 7 nitrogen and oxygen atoms in total. The first-order valence-corrected chi connectivity index (χ1v) is 16.5. The van der Waals surface area contributed by atoms with Crippen molar-refractivity contribution in [3.8, 4) is 0 Å². The lowest BCUT2D eigenvalue weighted by Gasteiger charge is -2.15. The summed E-state index contributed by atoms with van der Waals surface area (Å²) < 4.78 is 5.83. The first kappa shape index (κ1) is 38.1. The Kier molecular flexibility index (Phi) is 27.3. The van der Waals surface area contributed by atoms with Crippen molar-refractivity contribution in [3.05, 3.63) is 12.2 Å². The summed E-state index contributed by atoms with van der Waals surface area (Å²) in [5.41, 5.74) is 5.45. The molecule has 0 aliphatic rings. The molecule has 4 N–H and O–H groups in total. The molecule has 40 heavy (non-hydrogen) atoms. The van der Waals surface area contributed by atoms with E-state index in [0.717, 1.165) is 51.4 Å². The Morgan fingerprint density at radius 1 is 0.725 bits per heavy atom. The average molecular weight is 567 g/mol. The van der Waals surface area contributed by atoms with Crippen molar-refractivity contribution in [2.24, 2.45) is 5.73 Å². The van der Waals surface area contributed by atoms with Gasteiger partial charge in [0, 0.05) is 12.8 Å². The number of hydrogen-bond donors (Lipinski definition) is 3. The average Bonchev–Trinajstić information content (AvgIpc) is 2.93. The quantitative estimate of drug-likeness (QED) is 0.0479. The van der Waals surface area contributed by atoms with Crippen LogP contribution in [-0.4, -0.2) is 41.6 Å². The molecule has 0 fully saturated rings. The van der Waals surface area contributed by atoms with E-state index in [2.05, 4.69) is 31.3 Å². The second-order valence-electron chi connectivity index (χ2n) is 11.2. The molecule has 0 aliphatic carbocycles. The summed E-state index contributed by atoms with van der Waals surface area (Å²) in [6.45, 7) is 4.85. The smallest absolute Gasteiger partial charge is 0.326 e. The van der Waals surface area contributed by atoms with E-state index < -0.39 is 12.0 Å². The lowest BCUT2D eigenvalue weighted by Crippen LogP contribution is -2.40. The molecule has 1 amide bonds. The number of nitrogens with one attached hydrogen (secondary N) is 1. The standard InChI is InChI=1S/C33H62N2O5/c1-3-5-7-9-10-11-12-13-15-21-27-32(37)40-29(23-18-14-8-6-4-2)24-19-16-17-20-26-31(36)35-30(33(38)39)25-22-28-34/h18,23,29-30H,3-17,19-22,24-28,34H2,1-2H3,(H,35,36)(H,38,39)/b23-18-. The molecule has 0 aromatic rings. The Balaban J connectivity index is 4.24. The van der Waals surface area contributed by atoms with Crippen molar-refractivity contribution < 1.29 is 24.2 Å². The molecule has 234 valence electrons. The zero-order valence-corrected chi connectivity index (χ0v) is 25.9. The number of unbranched alkanes of at least 4 members (excludes halogenated alkanes) is 15. The topological polar surface area (TPSA) is 119 Å². The van der Waals surface area contributed by atoms with Gasteiger partial charge in [0.15, 0.2) is 0 Å². The van der Waals surface area contributed by atoms with Gasteiger partial charge in [-0.05, 0) is 64.0 Å². The van der Waals surface area contributed by atoms with Crippen LogP contribution in [0.5, 0.6) is 0 Å². The normalized spacial score (nSPS) is 12.9. The van der Waals surface area contributed by atoms with Gasteiger partial charge in [-0.15, -0.1) is 0 Å². The van der Waals surface area contributed by atoms with Gasteiger partial charge in [-0.3, -0.25) is 9.59 Å². The van der Waals surface area contributed by atoms with E-state index in [1.54, 1.807) is 0 Å². The van der Waals surface area contributed by atoms with Gasteiger partial charge in [0.1, 0.15) is 12.1 Å². The van der Waals surface area contributed by atoms with E-state index in [1.165, 1.54) is 64.2 Å². The van der Waals surface area contributed by atoms with Crippen molar-refractivity contribution in [2.45, 2.75) is 174 Å². The minimum Gasteiger partial charge on any atom is -0.480 e. The maximum atomic E-state index is 12.5. The minimum atomic E-state index is -1.02. The summed E-state index contributed by atoms with van der Waals surface area (Å²) in [6, 6.07) is -0.865. The summed E-state index contributed by atoms with van der Waals surface area (Å²) >= 11 is 0. The SMILES string of the molecule is CCCCC/C=C\C(CCCCCCC(=O)NC(CCCN)C(=O)O)OC(=O)CCCCCCCCCCCC. The number of esters is 1. The molecule has 0 aliphatic heterocycles. The highest BCUT2D eigenvalue weighted by atomic mass is 16.5. The number of rotatable bonds is 29. The Labute approximate surface area is 245 Å². The molecular weight excluding hydrogens is 504 g/mol. The third-order valence-electron chi connectivity index (χ3n) is 7.32. The summed E-state index contributed by atoms with van der Waals surface area (Å²) in [7, 11) is 0. The van der Waals surface area contributed by atoms with Crippen LogP contribution in [0, 0.1) is 0 Å². The molecule has 2 unspecified atom stereocenters. The van der Waals surface area contributed by atoms with Gasteiger partial charge < -0.3 is 20.9 Å². The number of amides is 1. The van der Waals surface area contributed by atoms with Gasteiger partial charge in [-0.25, -0.2) is 4.79 Å². The van der Waals surface area contributed by atoms with Crippen molar-refractivity contribution >= 4 is 17.8 Å². The maximum Gasteiger partial charge on any atom is 0.326 e. The van der Waals surface area contributed by atoms with Crippen LogP contribution in [-0.2, 0) is 19.1 Å². The van der Waals surface area contributed by atoms with E-state index in [4.69, 9.17) is 10.5 Å². The Hall–Kier alpha value is -1.89. The van der Waals surface area contributed by atoms with Crippen molar-refractivity contribution in [1.82, 2.24) is 5.32 Å². The third kappa shape index (κ3) is 25.1. The number of ether oxygens (including phenoxy) is 1. The van der Waals surface area contributed by atoms with Crippen LogP contribution in [0.4, 0.5) is 0 Å². The van der Waals surface area contributed by atoms with Crippen molar-refractivity contribution in [3.63, 3.8) is 0 Å². The van der Waals surface area contributed by atoms with Crippen LogP contribution in [0.3, 0.4) is 0 Å². The molecule has 0 radical (unpaired) electrons. The molecule has 0 saturated heterocycles. The highest BCUT2D eigenvalue weighted by molar-refractivity contribution is 5.83. The van der Waals surface area contributed by atoms with E-state index >= 15 is 0 Å². The van der Waals surface area contributed by atoms with Gasteiger partial charge in [-0.1, -0.05) is 103 Å². The van der Waals surface area contributed by atoms with Gasteiger partial charge in [-0.2, -0.15) is 0 Å². The summed E-state index contributed by atoms with van der Waals surface area (Å²) in [5.74, 6) is -1.33. The van der Waals surface area contributed by atoms with Crippen LogP contribution >= 0.6 is 0 Å². The third-order valence-corrected chi connectivity index (χ3v) is 7.32. The van der Waals surface area contributed by atoms with E-state index in [0.29, 0.717) is 38.6 Å². The molecule has 0 heterocycles. The van der Waals surface area contributed by atoms with Gasteiger partial charge in [0.25, 0.3) is 0 Å². The molecule has 0 aromatic heterocycles. The minimum absolute atomic E-state index is 0.0953. The van der Waals surface area contributed by atoms with Crippen LogP contribution in [0.2, 0.25) is 0 Å². The number of allylic oxidation sites excluding steroid dienone is 1. The Morgan fingerprint density at radius 2 is 1.27 bits per heavy atom. The summed E-state index contributed by atoms with van der Waals surface area (Å²) in [6.07, 6.45) is 27.0. The van der Waals surface area contributed by atoms with Crippen molar-refractivity contribution in [1.29, 1.82) is 0 Å². The number of aliphatic carboxylic acids is 1. The second-order valence-corrected chi connectivity index (χ2v) is 11.2. The first-order valence-electron chi connectivity index (χ1n) is 16.5. The number of carbonyl (C=O) groups is 3. The molecule has 7 heteroatoms. The number of nitrogens with two attached hydrogens (primary N) is 1. The fourth-order valence-electron chi connectivity index (χ4n) is 4.77. The Bertz CT molecular complexity index is 653. The molecule has 0 aromatic carbocycles. The monoisotopic (exact) mass is 566 g/mol. The lowest BCUT2D eigenvalue weighted by atomic mass is 10.1. The molecule has 2 atom stereocenters. The molecule has 0 rings (SSSR count). The highest BCUT2D eigenvalue weighted by Crippen LogP contribution is 2.15. The van der Waals surface area contributed by atoms with E-state index in [9.17, 15) is 19.5 Å². The van der Waals surface area contributed by atoms with Crippen LogP contribution in [0.1, 0.15) is 162 Å². The predicted molar refractivity (Wildman–Crippen MR) is 165 cm³/mol. The Morgan fingerprint density at radius 3 is 1.88 bits per heavy atom. The molecule has 0 spiro atoms. The molecule has 0 saturated carbocycles. The largest absolute Gasteiger partial charge is 0.480 e. The van der Waals surface area contributed by atoms with Crippen LogP contribution in [0.25, 0.3) is 0 Å². The highest BCUT2D eigenvalue weighted by Gasteiger charge is 2.18. The fourth-order valence-corrected chi connectivity index (χ4v) is 4.77. The first-order chi connectivity index (χ1) is 19.4. The summed E-state index contributed by atoms with van der Waals surface area (Å²) in [4.78, 5) is 35.9. The number of hydrogen-bond acceptors (Lipinski definition) is 5. The number of carbonyl (C=O) groups excluding carboxylic acids is 2. The van der Waals surface area contributed by atoms with Gasteiger partial charge >= 0.3 is 11.9 Å². The molecular formula is C33H62N2O5. The zero-order chi connectivity index (χ0) is 29.7. The second kappa shape index (κ2) is 28.6. The van der Waals surface area contributed by atoms with E-state index in [-0.39, 0.29) is 18.0 Å². The lowest BCUT2D eigenvalue weighted by molar-refractivity contribution is -0.147. The van der Waals surface area contributed by atoms with Crippen LogP contribution in [0.15, 0.2) is 12.2 Å². The fraction of sp³-hybridized carbons (Fsp3) is 0.848. The summed E-state index contributed by atoms with van der Waals surface area (Å²) in [5, 5.41) is 11.8. The van der Waals surface area contributed by atoms with Crippen LogP contribution < -0.4 is 11.1 Å². The van der Waals surface area contributed by atoms with E-state index in [1.807, 2.05) is 0 Å². The van der Waals surface area contributed by atoms with Gasteiger partial charge in [0.2, 0.25) is 5.91 Å². The van der Waals surface area contributed by atoms with Crippen molar-refractivity contribution in [2.75, 3.05) is 6.54 Å². The maximum absolute atomic E-state index is 12.5. The predicted octanol–water partition coefficient (Wildman–Crippen LogP) is 7.99. The number of carboxylic acids is 1. The zero-order valence-electron chi connectivity index (χ0n) is 25.9.